The highest BCUT2D eigenvalue weighted by atomic mass is 16.5. The number of benzene rings is 1. The lowest BCUT2D eigenvalue weighted by atomic mass is 10.0. The van der Waals surface area contributed by atoms with Gasteiger partial charge in [0, 0.05) is 45.5 Å². The molecule has 0 spiro atoms. The van der Waals surface area contributed by atoms with Crippen molar-refractivity contribution in [2.45, 2.75) is 25.2 Å². The van der Waals surface area contributed by atoms with E-state index in [-0.39, 0.29) is 0 Å². The molecule has 0 amide bonds. The summed E-state index contributed by atoms with van der Waals surface area (Å²) in [6.45, 7) is 7.11. The lowest BCUT2D eigenvalue weighted by Gasteiger charge is -2.33. The van der Waals surface area contributed by atoms with Gasteiger partial charge < -0.3 is 14.6 Å². The molecule has 150 valence electrons. The fourth-order valence-corrected chi connectivity index (χ4v) is 3.97. The molecule has 2 fully saturated rings. The lowest BCUT2D eigenvalue weighted by Crippen LogP contribution is -2.48. The predicted molar refractivity (Wildman–Crippen MR) is 107 cm³/mol. The van der Waals surface area contributed by atoms with Crippen molar-refractivity contribution in [3.05, 3.63) is 59.9 Å². The first kappa shape index (κ1) is 19.3. The number of rotatable bonds is 7. The van der Waals surface area contributed by atoms with Gasteiger partial charge in [-0.15, -0.1) is 0 Å². The Balaban J connectivity index is 1.25. The molecule has 1 aromatic carbocycles. The third kappa shape index (κ3) is 5.29. The van der Waals surface area contributed by atoms with E-state index in [2.05, 4.69) is 26.9 Å². The van der Waals surface area contributed by atoms with Crippen LogP contribution in [0.25, 0.3) is 0 Å². The van der Waals surface area contributed by atoms with E-state index < -0.39 is 5.60 Å². The summed E-state index contributed by atoms with van der Waals surface area (Å²) in [6.07, 6.45) is 2.60. The van der Waals surface area contributed by atoms with Gasteiger partial charge in [0.2, 0.25) is 0 Å². The fraction of sp³-hybridized carbons (Fsp3) is 0.500. The van der Waals surface area contributed by atoms with Crippen LogP contribution in [-0.2, 0) is 17.9 Å². The van der Waals surface area contributed by atoms with Gasteiger partial charge in [-0.1, -0.05) is 18.2 Å². The van der Waals surface area contributed by atoms with Crippen molar-refractivity contribution in [2.75, 3.05) is 45.9 Å². The minimum atomic E-state index is -0.608. The molecule has 2 aromatic rings. The zero-order chi connectivity index (χ0) is 19.2. The number of pyridine rings is 1. The molecule has 6 heteroatoms. The lowest BCUT2D eigenvalue weighted by molar-refractivity contribution is -0.0266. The van der Waals surface area contributed by atoms with Crippen LogP contribution in [0, 0.1) is 0 Å². The molecule has 1 N–H and O–H groups in total. The molecule has 2 aliphatic rings. The first-order valence-electron chi connectivity index (χ1n) is 10.1. The summed E-state index contributed by atoms with van der Waals surface area (Å²) >= 11 is 0. The maximum atomic E-state index is 11.0. The van der Waals surface area contributed by atoms with Crippen molar-refractivity contribution >= 4 is 0 Å². The molecule has 28 heavy (non-hydrogen) atoms. The van der Waals surface area contributed by atoms with Crippen LogP contribution >= 0.6 is 0 Å². The number of ether oxygens (including phenoxy) is 2. The Bertz CT molecular complexity index is 734. The number of likely N-dealkylation sites (tertiary alicyclic amines) is 1. The summed E-state index contributed by atoms with van der Waals surface area (Å²) in [5.41, 5.74) is 1.55. The molecule has 1 atom stereocenters. The molecule has 6 nitrogen and oxygen atoms in total. The summed E-state index contributed by atoms with van der Waals surface area (Å²) in [6, 6.07) is 14.0. The largest absolute Gasteiger partial charge is 0.487 e. The van der Waals surface area contributed by atoms with Crippen molar-refractivity contribution in [1.82, 2.24) is 14.8 Å². The van der Waals surface area contributed by atoms with Gasteiger partial charge in [-0.25, -0.2) is 0 Å². The molecular weight excluding hydrogens is 354 g/mol. The summed E-state index contributed by atoms with van der Waals surface area (Å²) in [5.74, 6) is 0.847. The topological polar surface area (TPSA) is 58.1 Å². The van der Waals surface area contributed by atoms with Crippen LogP contribution < -0.4 is 4.74 Å². The Kier molecular flexibility index (Phi) is 6.22. The number of hydrogen-bond donors (Lipinski definition) is 1. The molecule has 0 radical (unpaired) electrons. The van der Waals surface area contributed by atoms with Crippen LogP contribution in [0.3, 0.4) is 0 Å². The van der Waals surface area contributed by atoms with E-state index in [1.807, 2.05) is 30.3 Å². The van der Waals surface area contributed by atoms with E-state index >= 15 is 0 Å². The van der Waals surface area contributed by atoms with E-state index in [0.717, 1.165) is 70.3 Å². The molecule has 4 rings (SSSR count). The molecule has 3 heterocycles. The third-order valence-corrected chi connectivity index (χ3v) is 5.48. The van der Waals surface area contributed by atoms with Crippen molar-refractivity contribution in [3.63, 3.8) is 0 Å². The molecule has 1 aromatic heterocycles. The number of β-amino-alcohol motifs (C(OH)–C–C–N with tert-alkyl or cyclic N) is 1. The van der Waals surface area contributed by atoms with Crippen LogP contribution in [0.15, 0.2) is 48.7 Å². The van der Waals surface area contributed by atoms with E-state index in [1.165, 1.54) is 5.56 Å². The minimum absolute atomic E-state index is 0.473. The first-order chi connectivity index (χ1) is 13.7. The minimum Gasteiger partial charge on any atom is -0.487 e. The van der Waals surface area contributed by atoms with E-state index in [9.17, 15) is 5.11 Å². The fourth-order valence-electron chi connectivity index (χ4n) is 3.97. The second kappa shape index (κ2) is 9.01. The van der Waals surface area contributed by atoms with Gasteiger partial charge in [-0.05, 0) is 36.2 Å². The average Bonchev–Trinajstić information content (AvgIpc) is 3.09. The Morgan fingerprint density at radius 3 is 2.61 bits per heavy atom. The summed E-state index contributed by atoms with van der Waals surface area (Å²) in [5, 5.41) is 11.0. The number of aliphatic hydroxyl groups is 1. The van der Waals surface area contributed by atoms with Gasteiger partial charge in [-0.3, -0.25) is 14.8 Å². The average molecular weight is 383 g/mol. The standard InChI is InChI=1S/C22H29N3O3/c26-22(17-24-11-13-27-14-12-24)8-10-25(18-22)15-19-4-6-21(7-5-19)28-16-20-3-1-2-9-23-20/h1-7,9,26H,8,10-18H2. The number of aromatic nitrogens is 1. The molecule has 1 unspecified atom stereocenters. The summed E-state index contributed by atoms with van der Waals surface area (Å²) < 4.78 is 11.2. The van der Waals surface area contributed by atoms with Gasteiger partial charge in [-0.2, -0.15) is 0 Å². The monoisotopic (exact) mass is 383 g/mol. The zero-order valence-electron chi connectivity index (χ0n) is 16.3. The van der Waals surface area contributed by atoms with Crippen LogP contribution in [0.5, 0.6) is 5.75 Å². The molecule has 0 aliphatic carbocycles. The quantitative estimate of drug-likeness (QED) is 0.789. The molecule has 0 saturated carbocycles. The van der Waals surface area contributed by atoms with Gasteiger partial charge in [0.05, 0.1) is 24.5 Å². The molecular formula is C22H29N3O3. The van der Waals surface area contributed by atoms with Crippen LogP contribution in [0.2, 0.25) is 0 Å². The summed E-state index contributed by atoms with van der Waals surface area (Å²) in [4.78, 5) is 8.93. The van der Waals surface area contributed by atoms with Crippen LogP contribution in [0.1, 0.15) is 17.7 Å². The van der Waals surface area contributed by atoms with Crippen LogP contribution in [0.4, 0.5) is 0 Å². The molecule has 2 aliphatic heterocycles. The smallest absolute Gasteiger partial charge is 0.130 e. The Hall–Kier alpha value is -1.99. The van der Waals surface area contributed by atoms with E-state index in [4.69, 9.17) is 9.47 Å². The normalized spacial score (nSPS) is 23.8. The third-order valence-electron chi connectivity index (χ3n) is 5.48. The predicted octanol–water partition coefficient (Wildman–Crippen LogP) is 1.93. The van der Waals surface area contributed by atoms with E-state index in [1.54, 1.807) is 6.20 Å². The highest BCUT2D eigenvalue weighted by molar-refractivity contribution is 5.27. The highest BCUT2D eigenvalue weighted by Gasteiger charge is 2.37. The SMILES string of the molecule is OC1(CN2CCOCC2)CCN(Cc2ccc(OCc3ccccn3)cc2)C1. The Morgan fingerprint density at radius 1 is 1.04 bits per heavy atom. The molecule has 0 bridgehead atoms. The second-order valence-corrected chi connectivity index (χ2v) is 7.83. The van der Waals surface area contributed by atoms with Gasteiger partial charge >= 0.3 is 0 Å². The summed E-state index contributed by atoms with van der Waals surface area (Å²) in [7, 11) is 0. The van der Waals surface area contributed by atoms with Crippen molar-refractivity contribution in [2.24, 2.45) is 0 Å². The maximum Gasteiger partial charge on any atom is 0.130 e. The number of nitrogens with zero attached hydrogens (tertiary/aromatic N) is 3. The molecule has 2 saturated heterocycles. The van der Waals surface area contributed by atoms with Crippen molar-refractivity contribution in [3.8, 4) is 5.75 Å². The van der Waals surface area contributed by atoms with Crippen LogP contribution in [-0.4, -0.2) is 71.4 Å². The Labute approximate surface area is 166 Å². The number of morpholine rings is 1. The van der Waals surface area contributed by atoms with Gasteiger partial charge in [0.15, 0.2) is 0 Å². The zero-order valence-corrected chi connectivity index (χ0v) is 16.3. The second-order valence-electron chi connectivity index (χ2n) is 7.83. The van der Waals surface area contributed by atoms with Crippen molar-refractivity contribution in [1.29, 1.82) is 0 Å². The van der Waals surface area contributed by atoms with Gasteiger partial charge in [0.1, 0.15) is 12.4 Å². The van der Waals surface area contributed by atoms with E-state index in [0.29, 0.717) is 6.61 Å². The maximum absolute atomic E-state index is 11.0. The van der Waals surface area contributed by atoms with Gasteiger partial charge in [0.25, 0.3) is 0 Å². The number of hydrogen-bond acceptors (Lipinski definition) is 6. The highest BCUT2D eigenvalue weighted by Crippen LogP contribution is 2.25. The Morgan fingerprint density at radius 2 is 1.86 bits per heavy atom. The first-order valence-corrected chi connectivity index (χ1v) is 10.1. The van der Waals surface area contributed by atoms with Crippen molar-refractivity contribution < 1.29 is 14.6 Å².